The fourth-order valence-corrected chi connectivity index (χ4v) is 2.87. The number of ether oxygens (including phenoxy) is 2. The number of nitrogens with zero attached hydrogens (tertiary/aromatic N) is 1. The van der Waals surface area contributed by atoms with E-state index in [2.05, 4.69) is 10.3 Å². The van der Waals surface area contributed by atoms with E-state index in [4.69, 9.17) is 9.47 Å². The van der Waals surface area contributed by atoms with E-state index in [1.54, 1.807) is 32.4 Å². The zero-order valence-corrected chi connectivity index (χ0v) is 13.5. The summed E-state index contributed by atoms with van der Waals surface area (Å²) in [5, 5.41) is 5.52. The molecule has 1 N–H and O–H groups in total. The number of thiazole rings is 1. The standard InChI is InChI=1S/C17H15FN2O2S/c1-21-15-8-7-11(9-16(15)22-2)14-10-23-17(20-14)19-13-6-4-3-5-12(13)18/h3-10H,1-2H3,(H,19,20). The van der Waals surface area contributed by atoms with Gasteiger partial charge < -0.3 is 14.8 Å². The summed E-state index contributed by atoms with van der Waals surface area (Å²) >= 11 is 1.41. The molecule has 0 saturated heterocycles. The van der Waals surface area contributed by atoms with Crippen LogP contribution in [0.1, 0.15) is 0 Å². The molecular formula is C17H15FN2O2S. The molecule has 0 aliphatic carbocycles. The molecular weight excluding hydrogens is 315 g/mol. The number of anilines is 2. The van der Waals surface area contributed by atoms with Gasteiger partial charge in [0.1, 0.15) is 5.82 Å². The summed E-state index contributed by atoms with van der Waals surface area (Å²) in [6.07, 6.45) is 0. The first-order valence-corrected chi connectivity index (χ1v) is 7.78. The van der Waals surface area contributed by atoms with Gasteiger partial charge in [-0.05, 0) is 30.3 Å². The van der Waals surface area contributed by atoms with Gasteiger partial charge in [0.05, 0.1) is 25.6 Å². The zero-order valence-electron chi connectivity index (χ0n) is 12.7. The highest BCUT2D eigenvalue weighted by atomic mass is 32.1. The van der Waals surface area contributed by atoms with Crippen molar-refractivity contribution in [1.29, 1.82) is 0 Å². The van der Waals surface area contributed by atoms with Gasteiger partial charge in [0.25, 0.3) is 0 Å². The Bertz CT molecular complexity index is 820. The van der Waals surface area contributed by atoms with Crippen molar-refractivity contribution in [1.82, 2.24) is 4.98 Å². The normalized spacial score (nSPS) is 10.4. The van der Waals surface area contributed by atoms with Gasteiger partial charge in [-0.25, -0.2) is 9.37 Å². The molecule has 4 nitrogen and oxygen atoms in total. The van der Waals surface area contributed by atoms with E-state index >= 15 is 0 Å². The average Bonchev–Trinajstić information content (AvgIpc) is 3.05. The molecule has 0 amide bonds. The molecule has 3 rings (SSSR count). The highest BCUT2D eigenvalue weighted by Crippen LogP contribution is 2.34. The van der Waals surface area contributed by atoms with E-state index < -0.39 is 0 Å². The number of benzene rings is 2. The molecule has 0 aliphatic rings. The molecule has 0 fully saturated rings. The molecule has 23 heavy (non-hydrogen) atoms. The summed E-state index contributed by atoms with van der Waals surface area (Å²) in [5.41, 5.74) is 2.09. The van der Waals surface area contributed by atoms with Gasteiger partial charge in [0.2, 0.25) is 0 Å². The third-order valence-corrected chi connectivity index (χ3v) is 4.06. The van der Waals surface area contributed by atoms with Crippen LogP contribution in [0.15, 0.2) is 47.8 Å². The van der Waals surface area contributed by atoms with Gasteiger partial charge in [-0.2, -0.15) is 0 Å². The predicted octanol–water partition coefficient (Wildman–Crippen LogP) is 4.71. The molecule has 2 aromatic carbocycles. The Morgan fingerprint density at radius 3 is 2.57 bits per heavy atom. The first-order valence-electron chi connectivity index (χ1n) is 6.90. The molecule has 0 aliphatic heterocycles. The lowest BCUT2D eigenvalue weighted by Gasteiger charge is -2.08. The molecule has 0 bridgehead atoms. The van der Waals surface area contributed by atoms with Crippen LogP contribution in [0.3, 0.4) is 0 Å². The summed E-state index contributed by atoms with van der Waals surface area (Å²) in [6.45, 7) is 0. The molecule has 0 spiro atoms. The maximum Gasteiger partial charge on any atom is 0.187 e. The van der Waals surface area contributed by atoms with E-state index in [9.17, 15) is 4.39 Å². The summed E-state index contributed by atoms with van der Waals surface area (Å²) in [6, 6.07) is 12.1. The van der Waals surface area contributed by atoms with E-state index in [0.717, 1.165) is 11.3 Å². The Balaban J connectivity index is 1.86. The molecule has 0 unspecified atom stereocenters. The van der Waals surface area contributed by atoms with Crippen LogP contribution in [0.4, 0.5) is 15.2 Å². The summed E-state index contributed by atoms with van der Waals surface area (Å²) in [7, 11) is 3.19. The molecule has 6 heteroatoms. The van der Waals surface area contributed by atoms with Crippen molar-refractivity contribution in [2.75, 3.05) is 19.5 Å². The summed E-state index contributed by atoms with van der Waals surface area (Å²) in [5.74, 6) is 0.994. The Morgan fingerprint density at radius 2 is 1.83 bits per heavy atom. The quantitative estimate of drug-likeness (QED) is 0.736. The van der Waals surface area contributed by atoms with Gasteiger partial charge in [-0.15, -0.1) is 11.3 Å². The van der Waals surface area contributed by atoms with E-state index in [-0.39, 0.29) is 5.82 Å². The van der Waals surface area contributed by atoms with Crippen LogP contribution >= 0.6 is 11.3 Å². The van der Waals surface area contributed by atoms with Gasteiger partial charge in [-0.1, -0.05) is 12.1 Å². The van der Waals surface area contributed by atoms with Crippen molar-refractivity contribution >= 4 is 22.2 Å². The highest BCUT2D eigenvalue weighted by Gasteiger charge is 2.10. The number of para-hydroxylation sites is 1. The van der Waals surface area contributed by atoms with Crippen LogP contribution in [0.5, 0.6) is 11.5 Å². The van der Waals surface area contributed by atoms with Crippen LogP contribution in [0.25, 0.3) is 11.3 Å². The van der Waals surface area contributed by atoms with Gasteiger partial charge in [0, 0.05) is 10.9 Å². The van der Waals surface area contributed by atoms with Crippen LogP contribution in [-0.4, -0.2) is 19.2 Å². The lowest BCUT2D eigenvalue weighted by molar-refractivity contribution is 0.355. The largest absolute Gasteiger partial charge is 0.493 e. The predicted molar refractivity (Wildman–Crippen MR) is 90.3 cm³/mol. The molecule has 1 heterocycles. The monoisotopic (exact) mass is 330 g/mol. The lowest BCUT2D eigenvalue weighted by atomic mass is 10.1. The maximum absolute atomic E-state index is 13.7. The molecule has 3 aromatic rings. The molecule has 1 aromatic heterocycles. The molecule has 0 saturated carbocycles. The number of methoxy groups -OCH3 is 2. The Hall–Kier alpha value is -2.60. The van der Waals surface area contributed by atoms with Gasteiger partial charge in [-0.3, -0.25) is 0 Å². The van der Waals surface area contributed by atoms with E-state index in [1.165, 1.54) is 17.4 Å². The minimum atomic E-state index is -0.310. The van der Waals surface area contributed by atoms with Gasteiger partial charge >= 0.3 is 0 Å². The second kappa shape index (κ2) is 6.66. The fourth-order valence-electron chi connectivity index (χ4n) is 2.14. The first kappa shape index (κ1) is 15.3. The second-order valence-electron chi connectivity index (χ2n) is 4.71. The number of halogens is 1. The Labute approximate surface area is 137 Å². The Morgan fingerprint density at radius 1 is 1.04 bits per heavy atom. The van der Waals surface area contributed by atoms with Gasteiger partial charge in [0.15, 0.2) is 16.6 Å². The fraction of sp³-hybridized carbons (Fsp3) is 0.118. The maximum atomic E-state index is 13.7. The van der Waals surface area contributed by atoms with Crippen molar-refractivity contribution in [2.24, 2.45) is 0 Å². The highest BCUT2D eigenvalue weighted by molar-refractivity contribution is 7.14. The van der Waals surface area contributed by atoms with Crippen LogP contribution in [0.2, 0.25) is 0 Å². The minimum absolute atomic E-state index is 0.310. The zero-order chi connectivity index (χ0) is 16.2. The number of hydrogen-bond donors (Lipinski definition) is 1. The van der Waals surface area contributed by atoms with Crippen LogP contribution in [0, 0.1) is 5.82 Å². The molecule has 0 radical (unpaired) electrons. The Kier molecular flexibility index (Phi) is 4.43. The first-order chi connectivity index (χ1) is 11.2. The SMILES string of the molecule is COc1ccc(-c2csc(Nc3ccccc3F)n2)cc1OC. The number of nitrogens with one attached hydrogen (secondary N) is 1. The van der Waals surface area contributed by atoms with Crippen LogP contribution < -0.4 is 14.8 Å². The molecule has 118 valence electrons. The van der Waals surface area contributed by atoms with Crippen molar-refractivity contribution in [3.63, 3.8) is 0 Å². The second-order valence-corrected chi connectivity index (χ2v) is 5.57. The third kappa shape index (κ3) is 3.27. The number of rotatable bonds is 5. The van der Waals surface area contributed by atoms with E-state index in [0.29, 0.717) is 22.3 Å². The van der Waals surface area contributed by atoms with Crippen LogP contribution in [-0.2, 0) is 0 Å². The minimum Gasteiger partial charge on any atom is -0.493 e. The average molecular weight is 330 g/mol. The molecule has 0 atom stereocenters. The summed E-state index contributed by atoms with van der Waals surface area (Å²) < 4.78 is 24.2. The smallest absolute Gasteiger partial charge is 0.187 e. The number of aromatic nitrogens is 1. The van der Waals surface area contributed by atoms with Crippen molar-refractivity contribution < 1.29 is 13.9 Å². The number of hydrogen-bond acceptors (Lipinski definition) is 5. The van der Waals surface area contributed by atoms with Crippen molar-refractivity contribution in [3.05, 3.63) is 53.7 Å². The van der Waals surface area contributed by atoms with Crippen molar-refractivity contribution in [2.45, 2.75) is 0 Å². The third-order valence-electron chi connectivity index (χ3n) is 3.30. The lowest BCUT2D eigenvalue weighted by Crippen LogP contribution is -1.93. The van der Waals surface area contributed by atoms with E-state index in [1.807, 2.05) is 23.6 Å². The topological polar surface area (TPSA) is 43.4 Å². The van der Waals surface area contributed by atoms with Crippen molar-refractivity contribution in [3.8, 4) is 22.8 Å². The summed E-state index contributed by atoms with van der Waals surface area (Å²) in [4.78, 5) is 4.49.